The van der Waals surface area contributed by atoms with Gasteiger partial charge < -0.3 is 9.84 Å². The predicted molar refractivity (Wildman–Crippen MR) is 90.9 cm³/mol. The number of hydrogen-bond donors (Lipinski definition) is 1. The van der Waals surface area contributed by atoms with E-state index in [1.165, 1.54) is 10.9 Å². The first kappa shape index (κ1) is 16.6. The highest BCUT2D eigenvalue weighted by atomic mass is 35.5. The van der Waals surface area contributed by atoms with Gasteiger partial charge in [-0.15, -0.1) is 0 Å². The van der Waals surface area contributed by atoms with Crippen LogP contribution < -0.4 is 5.56 Å². The second-order valence-corrected chi connectivity index (χ2v) is 5.81. The van der Waals surface area contributed by atoms with E-state index in [0.29, 0.717) is 22.7 Å². The number of halogens is 1. The molecule has 0 saturated heterocycles. The zero-order valence-electron chi connectivity index (χ0n) is 12.8. The van der Waals surface area contributed by atoms with Crippen molar-refractivity contribution in [3.05, 3.63) is 69.9 Å². The van der Waals surface area contributed by atoms with Crippen molar-refractivity contribution < 1.29 is 9.84 Å². The number of hydrogen-bond acceptors (Lipinski definition) is 5. The van der Waals surface area contributed by atoms with Gasteiger partial charge in [0.25, 0.3) is 5.56 Å². The van der Waals surface area contributed by atoms with Crippen molar-refractivity contribution in [1.29, 1.82) is 0 Å². The van der Waals surface area contributed by atoms with Crippen molar-refractivity contribution in [3.63, 3.8) is 0 Å². The molecule has 0 fully saturated rings. The minimum Gasteiger partial charge on any atom is -0.389 e. The van der Waals surface area contributed by atoms with E-state index >= 15 is 0 Å². The van der Waals surface area contributed by atoms with Crippen LogP contribution in [0.25, 0.3) is 11.0 Å². The van der Waals surface area contributed by atoms with Crippen molar-refractivity contribution >= 4 is 22.6 Å². The molecule has 24 heavy (non-hydrogen) atoms. The quantitative estimate of drug-likeness (QED) is 0.739. The normalized spacial score (nSPS) is 12.4. The van der Waals surface area contributed by atoms with Gasteiger partial charge in [0, 0.05) is 11.2 Å². The Morgan fingerprint density at radius 3 is 2.79 bits per heavy atom. The van der Waals surface area contributed by atoms with E-state index in [4.69, 9.17) is 16.3 Å². The van der Waals surface area contributed by atoms with Crippen LogP contribution in [0.4, 0.5) is 0 Å². The van der Waals surface area contributed by atoms with Crippen molar-refractivity contribution in [2.75, 3.05) is 6.61 Å². The minimum atomic E-state index is -0.814. The molecule has 1 unspecified atom stereocenters. The number of aliphatic hydroxyl groups is 1. The van der Waals surface area contributed by atoms with Gasteiger partial charge in [-0.1, -0.05) is 23.7 Å². The Bertz CT molecular complexity index is 880. The summed E-state index contributed by atoms with van der Waals surface area (Å²) in [6.07, 6.45) is 2.16. The summed E-state index contributed by atoms with van der Waals surface area (Å²) in [5, 5.41) is 11.2. The first-order valence-corrected chi connectivity index (χ1v) is 7.82. The number of benzene rings is 1. The number of nitrogens with zero attached hydrogens (tertiary/aromatic N) is 3. The SMILES string of the molecule is O=c1c2cccnc2ncn1CC(O)COCc1ccc(Cl)cc1. The molecule has 7 heteroatoms. The lowest BCUT2D eigenvalue weighted by Crippen LogP contribution is -2.29. The molecule has 1 N–H and O–H groups in total. The summed E-state index contributed by atoms with van der Waals surface area (Å²) in [6.45, 7) is 0.584. The van der Waals surface area contributed by atoms with Crippen molar-refractivity contribution in [2.45, 2.75) is 19.3 Å². The van der Waals surface area contributed by atoms with Crippen LogP contribution in [0, 0.1) is 0 Å². The molecule has 0 saturated carbocycles. The average molecular weight is 346 g/mol. The third kappa shape index (κ3) is 3.97. The standard InChI is InChI=1S/C17H16ClN3O3/c18-13-5-3-12(4-6-13)9-24-10-14(22)8-21-11-20-16-15(17(21)23)2-1-7-19-16/h1-7,11,14,22H,8-10H2. The Labute approximate surface area is 143 Å². The molecular weight excluding hydrogens is 330 g/mol. The van der Waals surface area contributed by atoms with E-state index in [2.05, 4.69) is 9.97 Å². The van der Waals surface area contributed by atoms with Crippen LogP contribution in [0.1, 0.15) is 5.56 Å². The molecule has 0 bridgehead atoms. The zero-order chi connectivity index (χ0) is 16.9. The van der Waals surface area contributed by atoms with Gasteiger partial charge in [0.05, 0.1) is 31.2 Å². The summed E-state index contributed by atoms with van der Waals surface area (Å²) in [6, 6.07) is 10.6. The van der Waals surface area contributed by atoms with Gasteiger partial charge in [-0.25, -0.2) is 9.97 Å². The molecule has 1 atom stereocenters. The van der Waals surface area contributed by atoms with Gasteiger partial charge in [0.1, 0.15) is 6.33 Å². The van der Waals surface area contributed by atoms with Crippen LogP contribution in [0.3, 0.4) is 0 Å². The molecule has 2 aromatic heterocycles. The molecule has 0 amide bonds. The molecule has 6 nitrogen and oxygen atoms in total. The lowest BCUT2D eigenvalue weighted by atomic mass is 10.2. The number of aromatic nitrogens is 3. The van der Waals surface area contributed by atoms with Gasteiger partial charge in [-0.05, 0) is 29.8 Å². The molecule has 2 heterocycles. The van der Waals surface area contributed by atoms with Gasteiger partial charge in [0.15, 0.2) is 5.65 Å². The fourth-order valence-electron chi connectivity index (χ4n) is 2.30. The molecule has 124 valence electrons. The van der Waals surface area contributed by atoms with Crippen LogP contribution in [0.15, 0.2) is 53.7 Å². The topological polar surface area (TPSA) is 77.2 Å². The Balaban J connectivity index is 1.58. The largest absolute Gasteiger partial charge is 0.389 e. The maximum Gasteiger partial charge on any atom is 0.262 e. The molecule has 3 rings (SSSR count). The number of aliphatic hydroxyl groups excluding tert-OH is 1. The Hall–Kier alpha value is -2.28. The Kier molecular flexibility index (Phi) is 5.20. The lowest BCUT2D eigenvalue weighted by molar-refractivity contribution is 0.0198. The van der Waals surface area contributed by atoms with Crippen LogP contribution in [0.5, 0.6) is 0 Å². The molecule has 3 aromatic rings. The second-order valence-electron chi connectivity index (χ2n) is 5.37. The highest BCUT2D eigenvalue weighted by Crippen LogP contribution is 2.10. The Morgan fingerprint density at radius 2 is 2.00 bits per heavy atom. The zero-order valence-corrected chi connectivity index (χ0v) is 13.6. The minimum absolute atomic E-state index is 0.108. The third-order valence-electron chi connectivity index (χ3n) is 3.50. The van der Waals surface area contributed by atoms with Gasteiger partial charge in [-0.2, -0.15) is 0 Å². The summed E-state index contributed by atoms with van der Waals surface area (Å²) in [4.78, 5) is 20.5. The Morgan fingerprint density at radius 1 is 1.21 bits per heavy atom. The fourth-order valence-corrected chi connectivity index (χ4v) is 2.43. The molecule has 0 spiro atoms. The predicted octanol–water partition coefficient (Wildman–Crippen LogP) is 2.02. The molecule has 0 aliphatic heterocycles. The molecule has 0 radical (unpaired) electrons. The summed E-state index contributed by atoms with van der Waals surface area (Å²) < 4.78 is 6.84. The summed E-state index contributed by atoms with van der Waals surface area (Å²) in [5.74, 6) is 0. The van der Waals surface area contributed by atoms with E-state index in [9.17, 15) is 9.90 Å². The number of pyridine rings is 1. The monoisotopic (exact) mass is 345 g/mol. The smallest absolute Gasteiger partial charge is 0.262 e. The van der Waals surface area contributed by atoms with Crippen molar-refractivity contribution in [2.24, 2.45) is 0 Å². The number of fused-ring (bicyclic) bond motifs is 1. The summed E-state index contributed by atoms with van der Waals surface area (Å²) >= 11 is 5.82. The summed E-state index contributed by atoms with van der Waals surface area (Å²) in [7, 11) is 0. The lowest BCUT2D eigenvalue weighted by Gasteiger charge is -2.13. The maximum atomic E-state index is 12.3. The van der Waals surface area contributed by atoms with Crippen molar-refractivity contribution in [3.8, 4) is 0 Å². The molecule has 0 aliphatic rings. The molecule has 1 aromatic carbocycles. The van der Waals surface area contributed by atoms with Crippen molar-refractivity contribution in [1.82, 2.24) is 14.5 Å². The molecular formula is C17H16ClN3O3. The van der Waals surface area contributed by atoms with E-state index in [1.54, 1.807) is 30.5 Å². The van der Waals surface area contributed by atoms with Gasteiger partial charge in [0.2, 0.25) is 0 Å². The maximum absolute atomic E-state index is 12.3. The first-order chi connectivity index (χ1) is 11.6. The second kappa shape index (κ2) is 7.53. The van der Waals surface area contributed by atoms with Gasteiger partial charge in [-0.3, -0.25) is 9.36 Å². The molecule has 0 aliphatic carbocycles. The highest BCUT2D eigenvalue weighted by Gasteiger charge is 2.10. The van der Waals surface area contributed by atoms with E-state index < -0.39 is 6.10 Å². The number of rotatable bonds is 6. The fraction of sp³-hybridized carbons (Fsp3) is 0.235. The van der Waals surface area contributed by atoms with Crippen LogP contribution in [0.2, 0.25) is 5.02 Å². The van der Waals surface area contributed by atoms with E-state index in [0.717, 1.165) is 5.56 Å². The van der Waals surface area contributed by atoms with Crippen LogP contribution in [-0.2, 0) is 17.9 Å². The highest BCUT2D eigenvalue weighted by molar-refractivity contribution is 6.30. The van der Waals surface area contributed by atoms with E-state index in [-0.39, 0.29) is 18.7 Å². The average Bonchev–Trinajstić information content (AvgIpc) is 2.59. The van der Waals surface area contributed by atoms with Gasteiger partial charge >= 0.3 is 0 Å². The third-order valence-corrected chi connectivity index (χ3v) is 3.75. The summed E-state index contributed by atoms with van der Waals surface area (Å²) in [5.41, 5.74) is 1.12. The first-order valence-electron chi connectivity index (χ1n) is 7.44. The van der Waals surface area contributed by atoms with Crippen LogP contribution in [-0.4, -0.2) is 32.4 Å². The van der Waals surface area contributed by atoms with E-state index in [1.807, 2.05) is 12.1 Å². The van der Waals surface area contributed by atoms with Crippen LogP contribution >= 0.6 is 11.6 Å². The number of ether oxygens (including phenoxy) is 1.